The third-order valence-corrected chi connectivity index (χ3v) is 5.17. The maximum absolute atomic E-state index is 12.4. The summed E-state index contributed by atoms with van der Waals surface area (Å²) in [5.74, 6) is 0.0930. The highest BCUT2D eigenvalue weighted by Crippen LogP contribution is 2.24. The van der Waals surface area contributed by atoms with Gasteiger partial charge in [-0.15, -0.1) is 0 Å². The van der Waals surface area contributed by atoms with Crippen molar-refractivity contribution in [3.63, 3.8) is 0 Å². The first-order valence-electron chi connectivity index (χ1n) is 9.32. The van der Waals surface area contributed by atoms with E-state index in [2.05, 4.69) is 24.5 Å². The highest BCUT2D eigenvalue weighted by Gasteiger charge is 2.27. The summed E-state index contributed by atoms with van der Waals surface area (Å²) in [7, 11) is 1.65. The van der Waals surface area contributed by atoms with Crippen LogP contribution in [-0.2, 0) is 11.2 Å². The Morgan fingerprint density at radius 2 is 1.85 bits per heavy atom. The van der Waals surface area contributed by atoms with Gasteiger partial charge >= 0.3 is 12.0 Å². The number of carbonyl (C=O) groups is 2. The number of aliphatic carboxylic acids is 1. The van der Waals surface area contributed by atoms with Gasteiger partial charge in [-0.05, 0) is 49.7 Å². The predicted octanol–water partition coefficient (Wildman–Crippen LogP) is 3.20. The first-order valence-corrected chi connectivity index (χ1v) is 9.32. The number of carboxylic acid groups (broad SMARTS) is 1. The third-order valence-electron chi connectivity index (χ3n) is 5.17. The zero-order chi connectivity index (χ0) is 19.1. The lowest BCUT2D eigenvalue weighted by molar-refractivity contribution is -0.142. The van der Waals surface area contributed by atoms with Crippen LogP contribution in [-0.4, -0.2) is 36.3 Å². The summed E-state index contributed by atoms with van der Waals surface area (Å²) in [6.07, 6.45) is 3.36. The number of methoxy groups -OCH3 is 1. The molecule has 2 amide bonds. The normalized spacial score (nSPS) is 21.1. The Balaban J connectivity index is 1.89. The summed E-state index contributed by atoms with van der Waals surface area (Å²) >= 11 is 0. The number of para-hydroxylation sites is 1. The summed E-state index contributed by atoms with van der Waals surface area (Å²) in [6.45, 7) is 4.16. The van der Waals surface area contributed by atoms with Gasteiger partial charge in [0.05, 0.1) is 13.0 Å². The van der Waals surface area contributed by atoms with Crippen molar-refractivity contribution >= 4 is 12.0 Å². The van der Waals surface area contributed by atoms with Crippen LogP contribution in [0.5, 0.6) is 5.75 Å². The van der Waals surface area contributed by atoms with Crippen molar-refractivity contribution in [3.8, 4) is 5.75 Å². The number of amides is 2. The fourth-order valence-corrected chi connectivity index (χ4v) is 3.44. The molecule has 3 N–H and O–H groups in total. The number of benzene rings is 1. The van der Waals surface area contributed by atoms with Gasteiger partial charge in [-0.3, -0.25) is 4.79 Å². The molecular weight excluding hydrogens is 332 g/mol. The van der Waals surface area contributed by atoms with E-state index in [4.69, 9.17) is 9.84 Å². The summed E-state index contributed by atoms with van der Waals surface area (Å²) in [5.41, 5.74) is 1.07. The monoisotopic (exact) mass is 362 g/mol. The van der Waals surface area contributed by atoms with Crippen molar-refractivity contribution in [3.05, 3.63) is 29.8 Å². The van der Waals surface area contributed by atoms with Crippen LogP contribution in [0.4, 0.5) is 4.79 Å². The van der Waals surface area contributed by atoms with E-state index in [9.17, 15) is 9.59 Å². The number of hydrogen-bond acceptors (Lipinski definition) is 3. The zero-order valence-corrected chi connectivity index (χ0v) is 15.8. The van der Waals surface area contributed by atoms with Crippen LogP contribution in [0.1, 0.15) is 45.1 Å². The van der Waals surface area contributed by atoms with Gasteiger partial charge in [0, 0.05) is 12.1 Å². The minimum atomic E-state index is -0.732. The van der Waals surface area contributed by atoms with Gasteiger partial charge < -0.3 is 20.5 Å². The van der Waals surface area contributed by atoms with E-state index in [1.54, 1.807) is 7.11 Å². The Morgan fingerprint density at radius 3 is 2.42 bits per heavy atom. The molecule has 1 fully saturated rings. The van der Waals surface area contributed by atoms with Gasteiger partial charge in [0.2, 0.25) is 0 Å². The number of carboxylic acids is 1. The van der Waals surface area contributed by atoms with E-state index in [-0.39, 0.29) is 30.0 Å². The summed E-state index contributed by atoms with van der Waals surface area (Å²) in [4.78, 5) is 23.4. The Hall–Kier alpha value is -2.24. The minimum Gasteiger partial charge on any atom is -0.496 e. The topological polar surface area (TPSA) is 87.7 Å². The predicted molar refractivity (Wildman–Crippen MR) is 100 cm³/mol. The fourth-order valence-electron chi connectivity index (χ4n) is 3.44. The molecule has 0 radical (unpaired) electrons. The number of hydrogen-bond donors (Lipinski definition) is 3. The minimum absolute atomic E-state index is 0.0124. The lowest BCUT2D eigenvalue weighted by Gasteiger charge is -2.29. The first kappa shape index (κ1) is 20.1. The SMILES string of the molecule is COc1ccccc1CC(NC(=O)NC1CCC(C(=O)O)CC1)C(C)C. The van der Waals surface area contributed by atoms with Gasteiger partial charge in [-0.1, -0.05) is 32.0 Å². The number of ether oxygens (including phenoxy) is 1. The maximum atomic E-state index is 12.4. The molecule has 6 nitrogen and oxygen atoms in total. The van der Waals surface area contributed by atoms with E-state index >= 15 is 0 Å². The molecule has 0 spiro atoms. The van der Waals surface area contributed by atoms with Gasteiger partial charge in [0.25, 0.3) is 0 Å². The smallest absolute Gasteiger partial charge is 0.315 e. The highest BCUT2D eigenvalue weighted by atomic mass is 16.5. The van der Waals surface area contributed by atoms with E-state index < -0.39 is 5.97 Å². The van der Waals surface area contributed by atoms with E-state index in [1.807, 2.05) is 24.3 Å². The molecule has 1 aliphatic rings. The molecule has 0 heterocycles. The van der Waals surface area contributed by atoms with Crippen LogP contribution in [0.3, 0.4) is 0 Å². The van der Waals surface area contributed by atoms with Crippen LogP contribution in [0.15, 0.2) is 24.3 Å². The molecule has 0 aliphatic heterocycles. The van der Waals surface area contributed by atoms with Gasteiger partial charge in [0.1, 0.15) is 5.75 Å². The van der Waals surface area contributed by atoms with Crippen molar-refractivity contribution in [2.45, 2.75) is 58.0 Å². The molecule has 1 aromatic rings. The van der Waals surface area contributed by atoms with Crippen LogP contribution >= 0.6 is 0 Å². The van der Waals surface area contributed by atoms with Gasteiger partial charge in [-0.25, -0.2) is 4.79 Å². The number of rotatable bonds is 7. The summed E-state index contributed by atoms with van der Waals surface area (Å²) in [5, 5.41) is 15.1. The average Bonchev–Trinajstić information content (AvgIpc) is 2.61. The Kier molecular flexibility index (Phi) is 7.30. The standard InChI is InChI=1S/C20H30N2O4/c1-13(2)17(12-15-6-4-5-7-18(15)26-3)22-20(25)21-16-10-8-14(9-11-16)19(23)24/h4-7,13-14,16-17H,8-12H2,1-3H3,(H,23,24)(H2,21,22,25). The lowest BCUT2D eigenvalue weighted by Crippen LogP contribution is -2.49. The van der Waals surface area contributed by atoms with E-state index in [1.165, 1.54) is 0 Å². The van der Waals surface area contributed by atoms with Crippen molar-refractivity contribution in [1.82, 2.24) is 10.6 Å². The molecule has 0 bridgehead atoms. The first-order chi connectivity index (χ1) is 12.4. The molecular formula is C20H30N2O4. The Bertz CT molecular complexity index is 610. The molecule has 1 atom stereocenters. The fraction of sp³-hybridized carbons (Fsp3) is 0.600. The van der Waals surface area contributed by atoms with E-state index in [0.717, 1.165) is 11.3 Å². The molecule has 1 aliphatic carbocycles. The van der Waals surface area contributed by atoms with Crippen LogP contribution < -0.4 is 15.4 Å². The Morgan fingerprint density at radius 1 is 1.19 bits per heavy atom. The number of nitrogens with one attached hydrogen (secondary N) is 2. The van der Waals surface area contributed by atoms with Crippen LogP contribution in [0, 0.1) is 11.8 Å². The highest BCUT2D eigenvalue weighted by molar-refractivity contribution is 5.75. The largest absolute Gasteiger partial charge is 0.496 e. The molecule has 1 aromatic carbocycles. The second-order valence-electron chi connectivity index (χ2n) is 7.37. The molecule has 0 aromatic heterocycles. The number of urea groups is 1. The van der Waals surface area contributed by atoms with Crippen LogP contribution in [0.25, 0.3) is 0 Å². The number of carbonyl (C=O) groups excluding carboxylic acids is 1. The Labute approximate surface area is 155 Å². The lowest BCUT2D eigenvalue weighted by atomic mass is 9.86. The molecule has 0 saturated heterocycles. The third kappa shape index (κ3) is 5.64. The van der Waals surface area contributed by atoms with E-state index in [0.29, 0.717) is 32.1 Å². The van der Waals surface area contributed by atoms with Gasteiger partial charge in [-0.2, -0.15) is 0 Å². The molecule has 1 saturated carbocycles. The molecule has 1 unspecified atom stereocenters. The molecule has 2 rings (SSSR count). The maximum Gasteiger partial charge on any atom is 0.315 e. The quantitative estimate of drug-likeness (QED) is 0.695. The van der Waals surface area contributed by atoms with Crippen molar-refractivity contribution in [2.24, 2.45) is 11.8 Å². The second-order valence-corrected chi connectivity index (χ2v) is 7.37. The summed E-state index contributed by atoms with van der Waals surface area (Å²) in [6, 6.07) is 7.69. The van der Waals surface area contributed by atoms with Gasteiger partial charge in [0.15, 0.2) is 0 Å². The summed E-state index contributed by atoms with van der Waals surface area (Å²) < 4.78 is 5.41. The molecule has 26 heavy (non-hydrogen) atoms. The van der Waals surface area contributed by atoms with Crippen molar-refractivity contribution in [1.29, 1.82) is 0 Å². The average molecular weight is 362 g/mol. The van der Waals surface area contributed by atoms with Crippen molar-refractivity contribution < 1.29 is 19.4 Å². The second kappa shape index (κ2) is 9.46. The molecule has 6 heteroatoms. The molecule has 144 valence electrons. The van der Waals surface area contributed by atoms with Crippen LogP contribution in [0.2, 0.25) is 0 Å². The zero-order valence-electron chi connectivity index (χ0n) is 15.8. The van der Waals surface area contributed by atoms with Crippen molar-refractivity contribution in [2.75, 3.05) is 7.11 Å².